The van der Waals surface area contributed by atoms with Crippen molar-refractivity contribution in [2.24, 2.45) is 4.99 Å². The number of carbonyl (C=O) groups excluding carboxylic acids is 1. The molecule has 1 aliphatic heterocycles. The van der Waals surface area contributed by atoms with E-state index >= 15 is 0 Å². The molecule has 1 N–H and O–H groups in total. The number of aliphatic imine (C=N–C) groups is 1. The molecule has 0 atom stereocenters. The van der Waals surface area contributed by atoms with Gasteiger partial charge in [0.05, 0.1) is 6.26 Å². The molecule has 27 heavy (non-hydrogen) atoms. The van der Waals surface area contributed by atoms with Crippen molar-refractivity contribution >= 4 is 11.9 Å². The van der Waals surface area contributed by atoms with Crippen LogP contribution < -0.4 is 5.32 Å². The van der Waals surface area contributed by atoms with Crippen LogP contribution in [0.25, 0.3) is 0 Å². The van der Waals surface area contributed by atoms with Crippen LogP contribution in [-0.4, -0.2) is 86.0 Å². The van der Waals surface area contributed by atoms with Crippen LogP contribution in [0.4, 0.5) is 0 Å². The predicted octanol–water partition coefficient (Wildman–Crippen LogP) is 1.88. The normalized spacial score (nSPS) is 20.8. The Hall–Kier alpha value is -2.02. The number of hydrogen-bond donors (Lipinski definition) is 1. The summed E-state index contributed by atoms with van der Waals surface area (Å²) in [5.74, 6) is 1.32. The van der Waals surface area contributed by atoms with Crippen LogP contribution in [0.2, 0.25) is 0 Å². The molecule has 0 spiro atoms. The molecule has 3 rings (SSSR count). The second-order valence-electron chi connectivity index (χ2n) is 7.84. The van der Waals surface area contributed by atoms with E-state index in [-0.39, 0.29) is 11.4 Å². The van der Waals surface area contributed by atoms with E-state index in [0.717, 1.165) is 25.6 Å². The lowest BCUT2D eigenvalue weighted by Gasteiger charge is -2.44. The summed E-state index contributed by atoms with van der Waals surface area (Å²) < 4.78 is 5.24. The zero-order valence-electron chi connectivity index (χ0n) is 16.9. The summed E-state index contributed by atoms with van der Waals surface area (Å²) in [5, 5.41) is 3.61. The van der Waals surface area contributed by atoms with Crippen molar-refractivity contribution in [2.45, 2.75) is 37.6 Å². The maximum atomic E-state index is 12.4. The van der Waals surface area contributed by atoms with E-state index in [0.29, 0.717) is 18.8 Å². The fourth-order valence-electron chi connectivity index (χ4n) is 4.25. The van der Waals surface area contributed by atoms with Crippen molar-refractivity contribution in [1.82, 2.24) is 20.0 Å². The number of rotatable bonds is 4. The van der Waals surface area contributed by atoms with E-state index in [9.17, 15) is 4.79 Å². The van der Waals surface area contributed by atoms with Crippen LogP contribution in [0.5, 0.6) is 0 Å². The Bertz CT molecular complexity index is 627. The molecule has 7 nitrogen and oxygen atoms in total. The fraction of sp³-hybridized carbons (Fsp3) is 0.700. The molecular weight excluding hydrogens is 342 g/mol. The predicted molar refractivity (Wildman–Crippen MR) is 107 cm³/mol. The number of carbonyl (C=O) groups is 1. The third-order valence-corrected chi connectivity index (χ3v) is 6.12. The molecule has 1 aromatic rings. The second kappa shape index (κ2) is 8.78. The van der Waals surface area contributed by atoms with E-state index in [2.05, 4.69) is 34.2 Å². The van der Waals surface area contributed by atoms with E-state index in [4.69, 9.17) is 4.42 Å². The maximum Gasteiger partial charge on any atom is 0.289 e. The zero-order valence-corrected chi connectivity index (χ0v) is 16.9. The van der Waals surface area contributed by atoms with Crippen LogP contribution in [0, 0.1) is 0 Å². The molecule has 1 aromatic heterocycles. The standard InChI is InChI=1S/C20H33N5O2/c1-21-19(22-16-20(23(2)3)9-5-4-6-10-20)25-13-11-24(12-14-25)18(26)17-8-7-15-27-17/h7-8,15H,4-6,9-14,16H2,1-3H3,(H,21,22). The summed E-state index contributed by atoms with van der Waals surface area (Å²) >= 11 is 0. The first-order chi connectivity index (χ1) is 13.1. The molecule has 0 bridgehead atoms. The molecule has 150 valence electrons. The Balaban J connectivity index is 1.54. The highest BCUT2D eigenvalue weighted by molar-refractivity contribution is 5.91. The Kier molecular flexibility index (Phi) is 6.42. The van der Waals surface area contributed by atoms with Gasteiger partial charge in [-0.05, 0) is 39.1 Å². The van der Waals surface area contributed by atoms with Crippen LogP contribution in [0.15, 0.2) is 27.8 Å². The van der Waals surface area contributed by atoms with Gasteiger partial charge in [0, 0.05) is 45.3 Å². The number of furan rings is 1. The average molecular weight is 376 g/mol. The molecule has 0 unspecified atom stereocenters. The van der Waals surface area contributed by atoms with Gasteiger partial charge >= 0.3 is 0 Å². The first kappa shape index (κ1) is 19.7. The average Bonchev–Trinajstić information content (AvgIpc) is 3.24. The Morgan fingerprint density at radius 1 is 1.19 bits per heavy atom. The lowest BCUT2D eigenvalue weighted by Crippen LogP contribution is -2.58. The monoisotopic (exact) mass is 375 g/mol. The highest BCUT2D eigenvalue weighted by Crippen LogP contribution is 2.31. The molecule has 2 heterocycles. The van der Waals surface area contributed by atoms with Crippen molar-refractivity contribution in [1.29, 1.82) is 0 Å². The van der Waals surface area contributed by atoms with E-state index in [1.54, 1.807) is 18.4 Å². The van der Waals surface area contributed by atoms with E-state index < -0.39 is 0 Å². The SMILES string of the molecule is CN=C(NCC1(N(C)C)CCCCC1)N1CCN(C(=O)c2ccco2)CC1. The largest absolute Gasteiger partial charge is 0.459 e. The van der Waals surface area contributed by atoms with Gasteiger partial charge in [-0.25, -0.2) is 0 Å². The minimum atomic E-state index is -0.0311. The Labute approximate surface area is 162 Å². The highest BCUT2D eigenvalue weighted by Gasteiger charge is 2.35. The number of nitrogens with one attached hydrogen (secondary N) is 1. The van der Waals surface area contributed by atoms with Gasteiger partial charge in [0.25, 0.3) is 5.91 Å². The van der Waals surface area contributed by atoms with Gasteiger partial charge in [-0.15, -0.1) is 0 Å². The number of nitrogens with zero attached hydrogens (tertiary/aromatic N) is 4. The van der Waals surface area contributed by atoms with Crippen molar-refractivity contribution in [2.75, 3.05) is 53.9 Å². The summed E-state index contributed by atoms with van der Waals surface area (Å²) in [6, 6.07) is 3.47. The van der Waals surface area contributed by atoms with Gasteiger partial charge in [0.2, 0.25) is 0 Å². The molecule has 2 aliphatic rings. The quantitative estimate of drug-likeness (QED) is 0.643. The minimum Gasteiger partial charge on any atom is -0.459 e. The van der Waals surface area contributed by atoms with Crippen molar-refractivity contribution in [3.05, 3.63) is 24.2 Å². The summed E-state index contributed by atoms with van der Waals surface area (Å²) in [7, 11) is 6.22. The van der Waals surface area contributed by atoms with Gasteiger partial charge in [0.15, 0.2) is 11.7 Å². The number of amides is 1. The molecule has 1 saturated carbocycles. The smallest absolute Gasteiger partial charge is 0.289 e. The maximum absolute atomic E-state index is 12.4. The lowest BCUT2D eigenvalue weighted by molar-refractivity contribution is 0.0655. The lowest BCUT2D eigenvalue weighted by atomic mass is 9.80. The molecule has 2 fully saturated rings. The number of likely N-dealkylation sites (N-methyl/N-ethyl adjacent to an activating group) is 1. The van der Waals surface area contributed by atoms with Gasteiger partial charge in [-0.2, -0.15) is 0 Å². The molecule has 1 amide bonds. The molecule has 1 saturated heterocycles. The molecular formula is C20H33N5O2. The third-order valence-electron chi connectivity index (χ3n) is 6.12. The van der Waals surface area contributed by atoms with E-state index in [1.165, 1.54) is 32.1 Å². The van der Waals surface area contributed by atoms with Gasteiger partial charge in [-0.3, -0.25) is 9.79 Å². The highest BCUT2D eigenvalue weighted by atomic mass is 16.3. The van der Waals surface area contributed by atoms with Gasteiger partial charge in [0.1, 0.15) is 0 Å². The molecule has 1 aliphatic carbocycles. The summed E-state index contributed by atoms with van der Waals surface area (Å²) in [6.07, 6.45) is 7.94. The summed E-state index contributed by atoms with van der Waals surface area (Å²) in [5.41, 5.74) is 0.214. The van der Waals surface area contributed by atoms with Crippen LogP contribution in [0.3, 0.4) is 0 Å². The van der Waals surface area contributed by atoms with Crippen molar-refractivity contribution in [3.63, 3.8) is 0 Å². The van der Waals surface area contributed by atoms with Crippen LogP contribution >= 0.6 is 0 Å². The first-order valence-corrected chi connectivity index (χ1v) is 10.0. The van der Waals surface area contributed by atoms with Crippen LogP contribution in [0.1, 0.15) is 42.7 Å². The van der Waals surface area contributed by atoms with E-state index in [1.807, 2.05) is 11.9 Å². The third kappa shape index (κ3) is 4.46. The Morgan fingerprint density at radius 3 is 2.41 bits per heavy atom. The zero-order chi connectivity index (χ0) is 19.3. The number of guanidine groups is 1. The number of piperazine rings is 1. The van der Waals surface area contributed by atoms with Crippen LogP contribution in [-0.2, 0) is 0 Å². The molecule has 7 heteroatoms. The van der Waals surface area contributed by atoms with Gasteiger partial charge in [-0.1, -0.05) is 19.3 Å². The second-order valence-corrected chi connectivity index (χ2v) is 7.84. The van der Waals surface area contributed by atoms with Crippen molar-refractivity contribution in [3.8, 4) is 0 Å². The molecule has 0 aromatic carbocycles. The summed E-state index contributed by atoms with van der Waals surface area (Å²) in [6.45, 7) is 3.83. The minimum absolute atomic E-state index is 0.0311. The van der Waals surface area contributed by atoms with Crippen molar-refractivity contribution < 1.29 is 9.21 Å². The number of hydrogen-bond acceptors (Lipinski definition) is 4. The fourth-order valence-corrected chi connectivity index (χ4v) is 4.25. The molecule has 0 radical (unpaired) electrons. The van der Waals surface area contributed by atoms with Gasteiger partial charge < -0.3 is 24.4 Å². The topological polar surface area (TPSA) is 64.3 Å². The first-order valence-electron chi connectivity index (χ1n) is 10.0. The Morgan fingerprint density at radius 2 is 1.85 bits per heavy atom. The summed E-state index contributed by atoms with van der Waals surface area (Å²) in [4.78, 5) is 23.4.